The standard InChI is InChI=1S/C21H26N2O2S/c1-5-7-20(24)22-17-10-12-18(13-11-17)26-16(4)21(25)23-19-9-6-8-14(2)15(19)3/h6,8-13,16H,5,7H2,1-4H3,(H,22,24)(H,23,25). The Bertz CT molecular complexity index is 772. The fourth-order valence-corrected chi connectivity index (χ4v) is 3.31. The zero-order chi connectivity index (χ0) is 19.1. The van der Waals surface area contributed by atoms with E-state index in [0.29, 0.717) is 6.42 Å². The first kappa shape index (κ1) is 20.0. The lowest BCUT2D eigenvalue weighted by Gasteiger charge is -2.15. The number of nitrogens with one attached hydrogen (secondary N) is 2. The second kappa shape index (κ2) is 9.43. The highest BCUT2D eigenvalue weighted by molar-refractivity contribution is 8.00. The lowest BCUT2D eigenvalue weighted by molar-refractivity contribution is -0.116. The molecule has 5 heteroatoms. The minimum atomic E-state index is -0.226. The molecule has 4 nitrogen and oxygen atoms in total. The van der Waals surface area contributed by atoms with Gasteiger partial charge in [-0.25, -0.2) is 0 Å². The van der Waals surface area contributed by atoms with Gasteiger partial charge >= 0.3 is 0 Å². The van der Waals surface area contributed by atoms with E-state index in [4.69, 9.17) is 0 Å². The van der Waals surface area contributed by atoms with Gasteiger partial charge in [-0.2, -0.15) is 0 Å². The van der Waals surface area contributed by atoms with E-state index in [2.05, 4.69) is 10.6 Å². The summed E-state index contributed by atoms with van der Waals surface area (Å²) in [4.78, 5) is 25.1. The molecule has 0 radical (unpaired) electrons. The molecule has 2 amide bonds. The maximum Gasteiger partial charge on any atom is 0.237 e. The fraction of sp³-hybridized carbons (Fsp3) is 0.333. The zero-order valence-electron chi connectivity index (χ0n) is 15.8. The van der Waals surface area contributed by atoms with E-state index in [-0.39, 0.29) is 17.1 Å². The van der Waals surface area contributed by atoms with Crippen LogP contribution in [0, 0.1) is 13.8 Å². The molecule has 0 aliphatic rings. The van der Waals surface area contributed by atoms with Crippen LogP contribution in [0.25, 0.3) is 0 Å². The Kier molecular flexibility index (Phi) is 7.27. The van der Waals surface area contributed by atoms with Crippen LogP contribution in [0.1, 0.15) is 37.8 Å². The molecule has 138 valence electrons. The Morgan fingerprint density at radius 2 is 1.73 bits per heavy atom. The molecule has 2 aromatic rings. The second-order valence-corrected chi connectivity index (χ2v) is 7.73. The van der Waals surface area contributed by atoms with Crippen molar-refractivity contribution in [2.45, 2.75) is 50.7 Å². The van der Waals surface area contributed by atoms with Gasteiger partial charge in [0.15, 0.2) is 0 Å². The Morgan fingerprint density at radius 1 is 1.04 bits per heavy atom. The number of anilines is 2. The van der Waals surface area contributed by atoms with Crippen LogP contribution in [0.4, 0.5) is 11.4 Å². The van der Waals surface area contributed by atoms with Crippen LogP contribution in [0.5, 0.6) is 0 Å². The fourth-order valence-electron chi connectivity index (χ4n) is 2.45. The van der Waals surface area contributed by atoms with E-state index >= 15 is 0 Å². The minimum Gasteiger partial charge on any atom is -0.326 e. The van der Waals surface area contributed by atoms with Crippen molar-refractivity contribution < 1.29 is 9.59 Å². The summed E-state index contributed by atoms with van der Waals surface area (Å²) in [6.07, 6.45) is 1.35. The predicted octanol–water partition coefficient (Wildman–Crippen LogP) is 5.16. The molecule has 1 unspecified atom stereocenters. The lowest BCUT2D eigenvalue weighted by atomic mass is 10.1. The summed E-state index contributed by atoms with van der Waals surface area (Å²) >= 11 is 1.49. The van der Waals surface area contributed by atoms with Crippen LogP contribution in [0.2, 0.25) is 0 Å². The first-order chi connectivity index (χ1) is 12.4. The average Bonchev–Trinajstić information content (AvgIpc) is 2.60. The molecule has 0 bridgehead atoms. The Hall–Kier alpha value is -2.27. The largest absolute Gasteiger partial charge is 0.326 e. The maximum atomic E-state index is 12.5. The quantitative estimate of drug-likeness (QED) is 0.662. The molecule has 2 N–H and O–H groups in total. The molecule has 0 saturated heterocycles. The van der Waals surface area contributed by atoms with Gasteiger partial charge in [-0.1, -0.05) is 19.1 Å². The second-order valence-electron chi connectivity index (χ2n) is 6.32. The van der Waals surface area contributed by atoms with Crippen molar-refractivity contribution in [3.05, 3.63) is 53.6 Å². The van der Waals surface area contributed by atoms with Crippen LogP contribution in [-0.2, 0) is 9.59 Å². The number of thioether (sulfide) groups is 1. The van der Waals surface area contributed by atoms with Crippen molar-refractivity contribution in [3.63, 3.8) is 0 Å². The number of hydrogen-bond acceptors (Lipinski definition) is 3. The summed E-state index contributed by atoms with van der Waals surface area (Å²) in [5.74, 6) is -0.00167. The van der Waals surface area contributed by atoms with Crippen molar-refractivity contribution in [2.24, 2.45) is 0 Å². The van der Waals surface area contributed by atoms with Crippen molar-refractivity contribution in [1.29, 1.82) is 0 Å². The van der Waals surface area contributed by atoms with Gasteiger partial charge in [-0.15, -0.1) is 11.8 Å². The summed E-state index contributed by atoms with van der Waals surface area (Å²) in [6.45, 7) is 7.91. The molecule has 1 atom stereocenters. The molecule has 0 aromatic heterocycles. The third-order valence-electron chi connectivity index (χ3n) is 4.16. The summed E-state index contributed by atoms with van der Waals surface area (Å²) in [7, 11) is 0. The van der Waals surface area contributed by atoms with E-state index in [0.717, 1.165) is 33.8 Å². The van der Waals surface area contributed by atoms with Crippen molar-refractivity contribution >= 4 is 35.0 Å². The molecule has 2 aromatic carbocycles. The molecule has 0 heterocycles. The Labute approximate surface area is 159 Å². The summed E-state index contributed by atoms with van der Waals surface area (Å²) in [5, 5.41) is 5.64. The molecule has 0 aliphatic carbocycles. The van der Waals surface area contributed by atoms with Crippen molar-refractivity contribution in [1.82, 2.24) is 0 Å². The normalized spacial score (nSPS) is 11.7. The highest BCUT2D eigenvalue weighted by Gasteiger charge is 2.15. The highest BCUT2D eigenvalue weighted by atomic mass is 32.2. The number of rotatable bonds is 7. The van der Waals surface area contributed by atoms with Gasteiger partial charge in [-0.05, 0) is 68.7 Å². The predicted molar refractivity (Wildman–Crippen MR) is 110 cm³/mol. The van der Waals surface area contributed by atoms with Gasteiger partial charge in [0.2, 0.25) is 11.8 Å². The third-order valence-corrected chi connectivity index (χ3v) is 5.27. The minimum absolute atomic E-state index is 0.0224. The summed E-state index contributed by atoms with van der Waals surface area (Å²) in [5.41, 5.74) is 3.88. The van der Waals surface area contributed by atoms with E-state index in [9.17, 15) is 9.59 Å². The van der Waals surface area contributed by atoms with Gasteiger partial charge in [0.1, 0.15) is 0 Å². The smallest absolute Gasteiger partial charge is 0.237 e. The first-order valence-electron chi connectivity index (χ1n) is 8.84. The van der Waals surface area contributed by atoms with Gasteiger partial charge < -0.3 is 10.6 Å². The maximum absolute atomic E-state index is 12.5. The highest BCUT2D eigenvalue weighted by Crippen LogP contribution is 2.26. The average molecular weight is 371 g/mol. The van der Waals surface area contributed by atoms with Gasteiger partial charge in [0.25, 0.3) is 0 Å². The van der Waals surface area contributed by atoms with E-state index in [1.54, 1.807) is 0 Å². The molecule has 0 aliphatic heterocycles. The van der Waals surface area contributed by atoms with Gasteiger partial charge in [-0.3, -0.25) is 9.59 Å². The number of benzene rings is 2. The van der Waals surface area contributed by atoms with Crippen LogP contribution >= 0.6 is 11.8 Å². The van der Waals surface area contributed by atoms with Crippen molar-refractivity contribution in [3.8, 4) is 0 Å². The van der Waals surface area contributed by atoms with Crippen LogP contribution in [0.3, 0.4) is 0 Å². The molecular weight excluding hydrogens is 344 g/mol. The molecule has 0 saturated carbocycles. The van der Waals surface area contributed by atoms with Gasteiger partial charge in [0, 0.05) is 22.7 Å². The van der Waals surface area contributed by atoms with E-state index < -0.39 is 0 Å². The monoisotopic (exact) mass is 370 g/mol. The first-order valence-corrected chi connectivity index (χ1v) is 9.72. The number of carbonyl (C=O) groups excluding carboxylic acids is 2. The van der Waals surface area contributed by atoms with Crippen LogP contribution in [-0.4, -0.2) is 17.1 Å². The van der Waals surface area contributed by atoms with Gasteiger partial charge in [0.05, 0.1) is 5.25 Å². The summed E-state index contributed by atoms with van der Waals surface area (Å²) < 4.78 is 0. The number of carbonyl (C=O) groups is 2. The summed E-state index contributed by atoms with van der Waals surface area (Å²) in [6, 6.07) is 13.5. The SMILES string of the molecule is CCCC(=O)Nc1ccc(SC(C)C(=O)Nc2cccc(C)c2C)cc1. The van der Waals surface area contributed by atoms with Crippen LogP contribution < -0.4 is 10.6 Å². The molecule has 26 heavy (non-hydrogen) atoms. The van der Waals surface area contributed by atoms with Crippen LogP contribution in [0.15, 0.2) is 47.4 Å². The Morgan fingerprint density at radius 3 is 2.38 bits per heavy atom. The molecule has 2 rings (SSSR count). The topological polar surface area (TPSA) is 58.2 Å². The number of hydrogen-bond donors (Lipinski definition) is 2. The van der Waals surface area contributed by atoms with Crippen molar-refractivity contribution in [2.75, 3.05) is 10.6 Å². The number of aryl methyl sites for hydroxylation is 1. The molecular formula is C21H26N2O2S. The number of amides is 2. The van der Waals surface area contributed by atoms with E-state index in [1.165, 1.54) is 11.8 Å². The zero-order valence-corrected chi connectivity index (χ0v) is 16.6. The lowest BCUT2D eigenvalue weighted by Crippen LogP contribution is -2.22. The van der Waals surface area contributed by atoms with E-state index in [1.807, 2.05) is 70.2 Å². The molecule has 0 fully saturated rings. The Balaban J connectivity index is 1.94. The molecule has 0 spiro atoms. The third kappa shape index (κ3) is 5.63.